The Morgan fingerprint density at radius 1 is 0.757 bits per heavy atom. The van der Waals surface area contributed by atoms with E-state index in [0.29, 0.717) is 50.7 Å². The third-order valence-electron chi connectivity index (χ3n) is 6.74. The molecule has 0 atom stereocenters. The zero-order valence-corrected chi connectivity index (χ0v) is 24.4. The quantitative estimate of drug-likeness (QED) is 0.443. The van der Waals surface area contributed by atoms with Crippen LogP contribution < -0.4 is 9.64 Å². The molecule has 0 bridgehead atoms. The predicted octanol–water partition coefficient (Wildman–Crippen LogP) is 3.49. The minimum absolute atomic E-state index is 0.00354. The molecular formula is C23H29Cl3N4O5S2. The van der Waals surface area contributed by atoms with Gasteiger partial charge >= 0.3 is 0 Å². The van der Waals surface area contributed by atoms with Crippen LogP contribution in [-0.2, 0) is 20.0 Å². The highest BCUT2D eigenvalue weighted by Gasteiger charge is 2.33. The number of piperazine rings is 2. The first-order chi connectivity index (χ1) is 17.5. The number of hydrogen-bond acceptors (Lipinski definition) is 7. The van der Waals surface area contributed by atoms with E-state index in [9.17, 15) is 16.8 Å². The summed E-state index contributed by atoms with van der Waals surface area (Å²) in [5, 5.41) is 0.267. The molecule has 2 aliphatic heterocycles. The second kappa shape index (κ2) is 11.4. The van der Waals surface area contributed by atoms with Gasteiger partial charge in [-0.15, -0.1) is 0 Å². The first-order valence-electron chi connectivity index (χ1n) is 11.8. The smallest absolute Gasteiger partial charge is 0.244 e. The Morgan fingerprint density at radius 2 is 1.32 bits per heavy atom. The van der Waals surface area contributed by atoms with Gasteiger partial charge in [-0.1, -0.05) is 41.7 Å². The van der Waals surface area contributed by atoms with Crippen molar-refractivity contribution in [3.8, 4) is 5.75 Å². The molecule has 37 heavy (non-hydrogen) atoms. The van der Waals surface area contributed by atoms with E-state index in [1.54, 1.807) is 18.2 Å². The van der Waals surface area contributed by atoms with Crippen LogP contribution in [0.25, 0.3) is 0 Å². The van der Waals surface area contributed by atoms with Crippen LogP contribution in [0.1, 0.15) is 6.92 Å². The second-order valence-corrected chi connectivity index (χ2v) is 13.8. The van der Waals surface area contributed by atoms with Gasteiger partial charge in [-0.05, 0) is 36.9 Å². The Kier molecular flexibility index (Phi) is 8.86. The summed E-state index contributed by atoms with van der Waals surface area (Å²) in [5.41, 5.74) is 0.598. The molecule has 2 fully saturated rings. The summed E-state index contributed by atoms with van der Waals surface area (Å²) in [4.78, 5) is 4.22. The monoisotopic (exact) mass is 610 g/mol. The molecule has 2 heterocycles. The number of anilines is 1. The van der Waals surface area contributed by atoms with Crippen LogP contribution in [0.5, 0.6) is 5.75 Å². The normalized spacial score (nSPS) is 18.8. The fourth-order valence-corrected chi connectivity index (χ4v) is 8.36. The molecule has 2 aromatic carbocycles. The molecule has 9 nitrogen and oxygen atoms in total. The van der Waals surface area contributed by atoms with Crippen molar-refractivity contribution in [2.75, 3.05) is 70.9 Å². The zero-order chi connectivity index (χ0) is 27.0. The van der Waals surface area contributed by atoms with Crippen molar-refractivity contribution in [2.45, 2.75) is 16.7 Å². The first-order valence-corrected chi connectivity index (χ1v) is 15.8. The molecule has 0 saturated carbocycles. The van der Waals surface area contributed by atoms with Gasteiger partial charge in [0.25, 0.3) is 0 Å². The lowest BCUT2D eigenvalue weighted by Gasteiger charge is -2.36. The maximum absolute atomic E-state index is 13.4. The lowest BCUT2D eigenvalue weighted by atomic mass is 10.2. The molecule has 0 aliphatic carbocycles. The van der Waals surface area contributed by atoms with Gasteiger partial charge in [0.2, 0.25) is 20.0 Å². The van der Waals surface area contributed by atoms with Gasteiger partial charge in [-0.25, -0.2) is 16.8 Å². The summed E-state index contributed by atoms with van der Waals surface area (Å²) in [6.45, 7) is 6.19. The third-order valence-corrected chi connectivity index (χ3v) is 11.7. The van der Waals surface area contributed by atoms with E-state index in [-0.39, 0.29) is 37.9 Å². The van der Waals surface area contributed by atoms with Crippen molar-refractivity contribution in [3.05, 3.63) is 45.4 Å². The maximum Gasteiger partial charge on any atom is 0.244 e. The molecule has 0 N–H and O–H groups in total. The average Bonchev–Trinajstić information content (AvgIpc) is 2.90. The van der Waals surface area contributed by atoms with E-state index in [2.05, 4.69) is 11.8 Å². The minimum atomic E-state index is -3.91. The van der Waals surface area contributed by atoms with E-state index < -0.39 is 20.0 Å². The maximum atomic E-state index is 13.4. The van der Waals surface area contributed by atoms with Crippen LogP contribution in [-0.4, -0.2) is 96.4 Å². The number of methoxy groups -OCH3 is 1. The van der Waals surface area contributed by atoms with Gasteiger partial charge in [0.15, 0.2) is 0 Å². The minimum Gasteiger partial charge on any atom is -0.495 e. The van der Waals surface area contributed by atoms with Crippen LogP contribution in [0.4, 0.5) is 5.69 Å². The lowest BCUT2D eigenvalue weighted by molar-refractivity contribution is 0.196. The summed E-state index contributed by atoms with van der Waals surface area (Å²) >= 11 is 18.2. The number of benzene rings is 2. The fraction of sp³-hybridized carbons (Fsp3) is 0.478. The van der Waals surface area contributed by atoms with Gasteiger partial charge in [0.05, 0.1) is 32.8 Å². The first kappa shape index (κ1) is 28.7. The van der Waals surface area contributed by atoms with Crippen molar-refractivity contribution >= 4 is 60.5 Å². The molecule has 4 rings (SSSR count). The van der Waals surface area contributed by atoms with Crippen molar-refractivity contribution in [1.82, 2.24) is 13.5 Å². The van der Waals surface area contributed by atoms with E-state index in [4.69, 9.17) is 39.5 Å². The number of rotatable bonds is 7. The highest BCUT2D eigenvalue weighted by molar-refractivity contribution is 7.89. The van der Waals surface area contributed by atoms with Crippen molar-refractivity contribution < 1.29 is 21.6 Å². The van der Waals surface area contributed by atoms with Crippen molar-refractivity contribution in [1.29, 1.82) is 0 Å². The largest absolute Gasteiger partial charge is 0.495 e. The van der Waals surface area contributed by atoms with Crippen LogP contribution in [0.2, 0.25) is 15.1 Å². The number of ether oxygens (including phenoxy) is 1. The van der Waals surface area contributed by atoms with E-state index >= 15 is 0 Å². The molecule has 0 radical (unpaired) electrons. The van der Waals surface area contributed by atoms with Gasteiger partial charge in [0.1, 0.15) is 10.6 Å². The van der Waals surface area contributed by atoms with Crippen molar-refractivity contribution in [2.24, 2.45) is 0 Å². The van der Waals surface area contributed by atoms with Crippen molar-refractivity contribution in [3.63, 3.8) is 0 Å². The predicted molar refractivity (Wildman–Crippen MR) is 146 cm³/mol. The SMILES string of the molecule is CCN1CCN(S(=O)(=O)c2ccc(OC)c(N3CCN(S(=O)(=O)c4cc(Cl)c(Cl)cc4Cl)CC3)c2)CC1. The molecule has 0 amide bonds. The number of nitrogens with zero attached hydrogens (tertiary/aromatic N) is 4. The Balaban J connectivity index is 1.54. The summed E-state index contributed by atoms with van der Waals surface area (Å²) in [5.74, 6) is 0.513. The molecule has 2 aliphatic rings. The van der Waals surface area contributed by atoms with Crippen LogP contribution >= 0.6 is 34.8 Å². The van der Waals surface area contributed by atoms with Gasteiger partial charge in [-0.3, -0.25) is 0 Å². The summed E-state index contributed by atoms with van der Waals surface area (Å²) in [6.07, 6.45) is 0. The Hall–Kier alpha value is -1.31. The average molecular weight is 612 g/mol. The highest BCUT2D eigenvalue weighted by Crippen LogP contribution is 2.36. The fourth-order valence-electron chi connectivity index (χ4n) is 4.52. The topological polar surface area (TPSA) is 90.5 Å². The van der Waals surface area contributed by atoms with E-state index in [0.717, 1.165) is 6.54 Å². The van der Waals surface area contributed by atoms with Gasteiger partial charge < -0.3 is 14.5 Å². The number of sulfonamides is 2. The Labute approximate surface area is 233 Å². The molecule has 0 unspecified atom stereocenters. The van der Waals surface area contributed by atoms with Crippen LogP contribution in [0.3, 0.4) is 0 Å². The number of likely N-dealkylation sites (N-methyl/N-ethyl adjacent to an activating group) is 1. The zero-order valence-electron chi connectivity index (χ0n) is 20.5. The van der Waals surface area contributed by atoms with Crippen LogP contribution in [0, 0.1) is 0 Å². The molecule has 0 aromatic heterocycles. The second-order valence-electron chi connectivity index (χ2n) is 8.76. The van der Waals surface area contributed by atoms with E-state index in [1.807, 2.05) is 4.90 Å². The van der Waals surface area contributed by atoms with Gasteiger partial charge in [0, 0.05) is 52.4 Å². The molecule has 2 aromatic rings. The highest BCUT2D eigenvalue weighted by atomic mass is 35.5. The molecule has 0 spiro atoms. The third kappa shape index (κ3) is 5.84. The lowest BCUT2D eigenvalue weighted by Crippen LogP contribution is -2.49. The summed E-state index contributed by atoms with van der Waals surface area (Å²) < 4.78 is 61.6. The number of hydrogen-bond donors (Lipinski definition) is 0. The molecule has 2 saturated heterocycles. The number of halogens is 3. The molecule has 204 valence electrons. The Bertz CT molecular complexity index is 1360. The summed E-state index contributed by atoms with van der Waals surface area (Å²) in [6, 6.07) is 7.37. The van der Waals surface area contributed by atoms with Crippen LogP contribution in [0.15, 0.2) is 40.1 Å². The Morgan fingerprint density at radius 3 is 1.92 bits per heavy atom. The van der Waals surface area contributed by atoms with Gasteiger partial charge in [-0.2, -0.15) is 8.61 Å². The summed E-state index contributed by atoms with van der Waals surface area (Å²) in [7, 11) is -6.08. The molecular weight excluding hydrogens is 583 g/mol. The van der Waals surface area contributed by atoms with E-state index in [1.165, 1.54) is 27.9 Å². The molecule has 14 heteroatoms. The standard InChI is InChI=1S/C23H29Cl3N4O5S2/c1-3-27-6-10-29(11-7-27)36(31,32)17-4-5-22(35-2)21(14-17)28-8-12-30(13-9-28)37(33,34)23-16-19(25)18(24)15-20(23)26/h4-5,14-16H,3,6-13H2,1-2H3.